The van der Waals surface area contributed by atoms with Gasteiger partial charge in [0.1, 0.15) is 0 Å². The maximum Gasteiger partial charge on any atom is 2.00 e. The third-order valence-electron chi connectivity index (χ3n) is 6.29. The van der Waals surface area contributed by atoms with Crippen LogP contribution in [-0.4, -0.2) is 38.0 Å². The number of likely N-dealkylation sites (tertiary alicyclic amines) is 1. The van der Waals surface area contributed by atoms with Crippen LogP contribution in [0.15, 0.2) is 42.5 Å². The van der Waals surface area contributed by atoms with Crippen LogP contribution in [0.2, 0.25) is 0 Å². The molecule has 1 aliphatic carbocycles. The number of ketones is 1. The summed E-state index contributed by atoms with van der Waals surface area (Å²) < 4.78 is 10.8. The zero-order chi connectivity index (χ0) is 19.5. The fourth-order valence-electron chi connectivity index (χ4n) is 4.71. The molecule has 0 N–H and O–H groups in total. The summed E-state index contributed by atoms with van der Waals surface area (Å²) >= 11 is 0. The molecule has 1 saturated heterocycles. The van der Waals surface area contributed by atoms with E-state index in [0.29, 0.717) is 17.4 Å². The number of ether oxygens (including phenoxy) is 2. The van der Waals surface area contributed by atoms with E-state index in [2.05, 4.69) is 35.2 Å². The van der Waals surface area contributed by atoms with Gasteiger partial charge in [0.05, 0.1) is 14.2 Å². The van der Waals surface area contributed by atoms with Crippen LogP contribution in [0.5, 0.6) is 11.5 Å². The number of rotatable bonds is 6. The first-order chi connectivity index (χ1) is 13.7. The Balaban J connectivity index is 0.00000240. The average Bonchev–Trinajstić information content (AvgIpc) is 3.03. The first-order valence-corrected chi connectivity index (χ1v) is 10.2. The number of hydrogen-bond donors (Lipinski definition) is 0. The summed E-state index contributed by atoms with van der Waals surface area (Å²) in [7, 11) is 3.26. The molecule has 4 rings (SSSR count). The molecule has 0 aromatic heterocycles. The number of nitrogens with zero attached hydrogens (tertiary/aromatic N) is 1. The molecule has 2 aliphatic rings. The number of carbonyl (C=O) groups is 1. The molecule has 0 radical (unpaired) electrons. The van der Waals surface area contributed by atoms with Crippen molar-refractivity contribution in [1.29, 1.82) is 0 Å². The van der Waals surface area contributed by atoms with E-state index in [4.69, 9.17) is 9.47 Å². The van der Waals surface area contributed by atoms with E-state index >= 15 is 0 Å². The van der Waals surface area contributed by atoms with Crippen molar-refractivity contribution in [2.75, 3.05) is 27.3 Å². The second-order valence-corrected chi connectivity index (χ2v) is 8.07. The van der Waals surface area contributed by atoms with Gasteiger partial charge >= 0.3 is 19.5 Å². The number of methoxy groups -OCH3 is 2. The van der Waals surface area contributed by atoms with E-state index in [0.717, 1.165) is 43.6 Å². The normalized spacial score (nSPS) is 19.5. The Morgan fingerprint density at radius 2 is 1.66 bits per heavy atom. The van der Waals surface area contributed by atoms with Crippen LogP contribution in [0.25, 0.3) is 0 Å². The minimum Gasteiger partial charge on any atom is -0.493 e. The Morgan fingerprint density at radius 3 is 2.31 bits per heavy atom. The predicted molar refractivity (Wildman–Crippen MR) is 110 cm³/mol. The van der Waals surface area contributed by atoms with Crippen molar-refractivity contribution in [3.8, 4) is 11.5 Å². The summed E-state index contributed by atoms with van der Waals surface area (Å²) in [5, 5.41) is 0. The van der Waals surface area contributed by atoms with Gasteiger partial charge in [0, 0.05) is 18.0 Å². The minimum absolute atomic E-state index is 0. The van der Waals surface area contributed by atoms with Crippen LogP contribution in [0.1, 0.15) is 40.7 Å². The van der Waals surface area contributed by atoms with Gasteiger partial charge in [-0.05, 0) is 68.0 Å². The molecule has 1 fully saturated rings. The number of fused-ring (bicyclic) bond motifs is 1. The first kappa shape index (κ1) is 22.0. The second-order valence-electron chi connectivity index (χ2n) is 8.07. The van der Waals surface area contributed by atoms with E-state index in [-0.39, 0.29) is 31.2 Å². The number of Topliss-reactive ketones (excluding diaryl/α,β-unsaturated/α-hetero) is 1. The molecule has 2 aromatic carbocycles. The van der Waals surface area contributed by atoms with Crippen LogP contribution in [0, 0.1) is 11.8 Å². The minimum atomic E-state index is 0. The van der Waals surface area contributed by atoms with Gasteiger partial charge in [-0.25, -0.2) is 0 Å². The van der Waals surface area contributed by atoms with E-state index in [1.54, 1.807) is 14.2 Å². The summed E-state index contributed by atoms with van der Waals surface area (Å²) in [5.74, 6) is 2.38. The Hall–Kier alpha value is -1.71. The third kappa shape index (κ3) is 4.90. The van der Waals surface area contributed by atoms with Crippen LogP contribution in [0.3, 0.4) is 0 Å². The molecule has 0 saturated carbocycles. The van der Waals surface area contributed by atoms with E-state index in [1.807, 2.05) is 12.1 Å². The fraction of sp³-hybridized carbons (Fsp3) is 0.458. The van der Waals surface area contributed by atoms with Gasteiger partial charge in [-0.15, -0.1) is 0 Å². The molecule has 5 heteroatoms. The first-order valence-electron chi connectivity index (χ1n) is 10.2. The summed E-state index contributed by atoms with van der Waals surface area (Å²) in [5.41, 5.74) is 3.31. The standard InChI is InChI=1S/C24H29NO3.Zn/c1-27-22-14-19-13-20(24(26)21(19)15-23(22)28-2)12-17-8-10-25(11-9-17)16-18-6-4-3-5-7-18;/h3-7,14-15,17,20H,8-13,16H2,1-2H3;/q;+2. The maximum absolute atomic E-state index is 12.9. The average molecular weight is 445 g/mol. The molecule has 1 atom stereocenters. The Kier molecular flexibility index (Phi) is 7.48. The Labute approximate surface area is 186 Å². The third-order valence-corrected chi connectivity index (χ3v) is 6.29. The topological polar surface area (TPSA) is 38.8 Å². The molecule has 148 valence electrons. The number of hydrogen-bond acceptors (Lipinski definition) is 4. The predicted octanol–water partition coefficient (Wildman–Crippen LogP) is 4.36. The van der Waals surface area contributed by atoms with Crippen molar-refractivity contribution in [1.82, 2.24) is 4.90 Å². The van der Waals surface area contributed by atoms with Gasteiger partial charge in [-0.3, -0.25) is 9.69 Å². The molecule has 0 amide bonds. The molecule has 0 bridgehead atoms. The molecule has 1 heterocycles. The van der Waals surface area contributed by atoms with Gasteiger partial charge in [0.2, 0.25) is 0 Å². The molecule has 29 heavy (non-hydrogen) atoms. The van der Waals surface area contributed by atoms with Gasteiger partial charge < -0.3 is 9.47 Å². The van der Waals surface area contributed by atoms with Crippen molar-refractivity contribution >= 4 is 5.78 Å². The smallest absolute Gasteiger partial charge is 0.493 e. The molecule has 0 spiro atoms. The van der Waals surface area contributed by atoms with E-state index in [1.165, 1.54) is 18.4 Å². The van der Waals surface area contributed by atoms with Crippen molar-refractivity contribution in [2.24, 2.45) is 11.8 Å². The maximum atomic E-state index is 12.9. The number of carbonyl (C=O) groups excluding carboxylic acids is 1. The molecular formula is C24H29NO3Zn+2. The number of piperidine rings is 1. The summed E-state index contributed by atoms with van der Waals surface area (Å²) in [4.78, 5) is 15.5. The number of benzene rings is 2. The van der Waals surface area contributed by atoms with Gasteiger partial charge in [-0.1, -0.05) is 30.3 Å². The van der Waals surface area contributed by atoms with Gasteiger partial charge in [0.25, 0.3) is 0 Å². The van der Waals surface area contributed by atoms with E-state index < -0.39 is 0 Å². The Bertz CT molecular complexity index is 832. The van der Waals surface area contributed by atoms with Crippen LogP contribution < -0.4 is 9.47 Å². The van der Waals surface area contributed by atoms with E-state index in [9.17, 15) is 4.79 Å². The molecule has 1 aliphatic heterocycles. The molecule has 4 nitrogen and oxygen atoms in total. The zero-order valence-corrected chi connectivity index (χ0v) is 20.5. The fourth-order valence-corrected chi connectivity index (χ4v) is 4.71. The van der Waals surface area contributed by atoms with Crippen LogP contribution >= 0.6 is 0 Å². The molecule has 2 aromatic rings. The van der Waals surface area contributed by atoms with Gasteiger partial charge in [0.15, 0.2) is 17.3 Å². The van der Waals surface area contributed by atoms with Crippen molar-refractivity contribution in [3.05, 3.63) is 59.2 Å². The van der Waals surface area contributed by atoms with Gasteiger partial charge in [-0.2, -0.15) is 0 Å². The molecule has 1 unspecified atom stereocenters. The van der Waals surface area contributed by atoms with Crippen LogP contribution in [-0.2, 0) is 32.4 Å². The van der Waals surface area contributed by atoms with Crippen molar-refractivity contribution in [2.45, 2.75) is 32.2 Å². The van der Waals surface area contributed by atoms with Crippen molar-refractivity contribution in [3.63, 3.8) is 0 Å². The monoisotopic (exact) mass is 443 g/mol. The van der Waals surface area contributed by atoms with Crippen molar-refractivity contribution < 1.29 is 33.7 Å². The Morgan fingerprint density at radius 1 is 1.00 bits per heavy atom. The summed E-state index contributed by atoms with van der Waals surface area (Å²) in [6.45, 7) is 3.27. The molecular weight excluding hydrogens is 416 g/mol. The largest absolute Gasteiger partial charge is 2.00 e. The summed E-state index contributed by atoms with van der Waals surface area (Å²) in [6, 6.07) is 14.5. The van der Waals surface area contributed by atoms with Crippen LogP contribution in [0.4, 0.5) is 0 Å². The second kappa shape index (κ2) is 9.87. The summed E-state index contributed by atoms with van der Waals surface area (Å²) in [6.07, 6.45) is 4.19. The quantitative estimate of drug-likeness (QED) is 0.621. The zero-order valence-electron chi connectivity index (χ0n) is 17.5. The SMILES string of the molecule is COc1cc2c(cc1OC)C(=O)C(CC1CCN(Cc3ccccc3)CC1)C2.[Zn+2].